The number of halogens is 1. The number of ether oxygens (including phenoxy) is 3. The van der Waals surface area contributed by atoms with Crippen LogP contribution in [0.3, 0.4) is 0 Å². The Hall–Kier alpha value is -2.90. The van der Waals surface area contributed by atoms with Crippen molar-refractivity contribution in [2.45, 2.75) is 37.2 Å². The van der Waals surface area contributed by atoms with Gasteiger partial charge in [-0.2, -0.15) is 0 Å². The van der Waals surface area contributed by atoms with Crippen molar-refractivity contribution < 1.29 is 22.8 Å². The van der Waals surface area contributed by atoms with Crippen molar-refractivity contribution in [3.8, 4) is 23.0 Å². The molecule has 0 saturated carbocycles. The molecule has 1 unspecified atom stereocenters. The van der Waals surface area contributed by atoms with Crippen molar-refractivity contribution in [3.05, 3.63) is 76.6 Å². The van der Waals surface area contributed by atoms with Crippen molar-refractivity contribution in [1.82, 2.24) is 4.90 Å². The number of rotatable bonds is 5. The SMILES string of the molecule is CCOc1cc2c(cc1OSc1cccc(F)c1)CC1c3cc4c(cc3CCN1C2)OCCO4. The lowest BCUT2D eigenvalue weighted by Crippen LogP contribution is -2.39. The molecule has 3 heterocycles. The van der Waals surface area contributed by atoms with Crippen LogP contribution in [-0.4, -0.2) is 31.3 Å². The molecular weight excluding hydrogens is 453 g/mol. The molecule has 3 aromatic carbocycles. The minimum Gasteiger partial charge on any atom is -0.490 e. The second kappa shape index (κ2) is 9.04. The van der Waals surface area contributed by atoms with Gasteiger partial charge in [0.05, 0.1) is 23.5 Å². The highest BCUT2D eigenvalue weighted by Gasteiger charge is 2.34. The van der Waals surface area contributed by atoms with Gasteiger partial charge in [-0.1, -0.05) is 6.07 Å². The Morgan fingerprint density at radius 1 is 1.00 bits per heavy atom. The molecule has 34 heavy (non-hydrogen) atoms. The molecule has 7 heteroatoms. The average Bonchev–Trinajstić information content (AvgIpc) is 2.85. The Balaban J connectivity index is 1.30. The van der Waals surface area contributed by atoms with Crippen LogP contribution in [0.4, 0.5) is 4.39 Å². The average molecular weight is 480 g/mol. The molecule has 0 radical (unpaired) electrons. The fraction of sp³-hybridized carbons (Fsp3) is 0.333. The third-order valence-electron chi connectivity index (χ3n) is 6.65. The second-order valence-electron chi connectivity index (χ2n) is 8.76. The van der Waals surface area contributed by atoms with Gasteiger partial charge in [-0.15, -0.1) is 0 Å². The van der Waals surface area contributed by atoms with Crippen LogP contribution in [-0.2, 0) is 19.4 Å². The molecule has 0 amide bonds. The number of hydrogen-bond donors (Lipinski definition) is 0. The molecule has 3 aliphatic rings. The molecular formula is C27H26FNO4S. The fourth-order valence-electron chi connectivity index (χ4n) is 5.07. The lowest BCUT2D eigenvalue weighted by Gasteiger charge is -2.42. The van der Waals surface area contributed by atoms with E-state index in [1.807, 2.05) is 13.0 Å². The van der Waals surface area contributed by atoms with E-state index < -0.39 is 0 Å². The van der Waals surface area contributed by atoms with Crippen LogP contribution in [0.5, 0.6) is 23.0 Å². The lowest BCUT2D eigenvalue weighted by molar-refractivity contribution is 0.153. The van der Waals surface area contributed by atoms with E-state index in [2.05, 4.69) is 29.2 Å². The summed E-state index contributed by atoms with van der Waals surface area (Å²) in [7, 11) is 0. The lowest BCUT2D eigenvalue weighted by atomic mass is 9.83. The van der Waals surface area contributed by atoms with Gasteiger partial charge in [0.1, 0.15) is 19.0 Å². The maximum atomic E-state index is 13.6. The van der Waals surface area contributed by atoms with Crippen molar-refractivity contribution >= 4 is 12.0 Å². The zero-order chi connectivity index (χ0) is 23.1. The highest BCUT2D eigenvalue weighted by Crippen LogP contribution is 2.45. The van der Waals surface area contributed by atoms with E-state index in [9.17, 15) is 4.39 Å². The molecule has 0 bridgehead atoms. The van der Waals surface area contributed by atoms with Crippen LogP contribution in [0, 0.1) is 5.82 Å². The molecule has 0 N–H and O–H groups in total. The van der Waals surface area contributed by atoms with Crippen molar-refractivity contribution in [2.75, 3.05) is 26.4 Å². The molecule has 1 atom stereocenters. The highest BCUT2D eigenvalue weighted by atomic mass is 32.2. The van der Waals surface area contributed by atoms with Crippen LogP contribution in [0.2, 0.25) is 0 Å². The number of nitrogens with zero attached hydrogens (tertiary/aromatic N) is 1. The zero-order valence-corrected chi connectivity index (χ0v) is 19.8. The zero-order valence-electron chi connectivity index (χ0n) is 19.0. The van der Waals surface area contributed by atoms with E-state index in [-0.39, 0.29) is 11.9 Å². The van der Waals surface area contributed by atoms with Gasteiger partial charge in [0.2, 0.25) is 0 Å². The van der Waals surface area contributed by atoms with E-state index in [0.717, 1.165) is 55.2 Å². The number of benzene rings is 3. The molecule has 0 spiro atoms. The van der Waals surface area contributed by atoms with E-state index >= 15 is 0 Å². The first-order valence-electron chi connectivity index (χ1n) is 11.7. The summed E-state index contributed by atoms with van der Waals surface area (Å²) in [5, 5.41) is 0. The van der Waals surface area contributed by atoms with Crippen LogP contribution in [0.25, 0.3) is 0 Å². The second-order valence-corrected chi connectivity index (χ2v) is 9.56. The maximum Gasteiger partial charge on any atom is 0.180 e. The highest BCUT2D eigenvalue weighted by molar-refractivity contribution is 7.95. The largest absolute Gasteiger partial charge is 0.490 e. The molecule has 0 fully saturated rings. The van der Waals surface area contributed by atoms with Crippen molar-refractivity contribution in [3.63, 3.8) is 0 Å². The van der Waals surface area contributed by atoms with Gasteiger partial charge in [0.25, 0.3) is 0 Å². The van der Waals surface area contributed by atoms with Gasteiger partial charge in [-0.05, 0) is 84.5 Å². The van der Waals surface area contributed by atoms with Gasteiger partial charge in [0, 0.05) is 19.1 Å². The Bertz CT molecular complexity index is 1230. The molecule has 176 valence electrons. The van der Waals surface area contributed by atoms with Gasteiger partial charge >= 0.3 is 0 Å². The Morgan fingerprint density at radius 2 is 1.82 bits per heavy atom. The first-order chi connectivity index (χ1) is 16.7. The Morgan fingerprint density at radius 3 is 2.65 bits per heavy atom. The smallest absolute Gasteiger partial charge is 0.180 e. The normalized spacial score (nSPS) is 18.5. The minimum atomic E-state index is -0.281. The monoisotopic (exact) mass is 479 g/mol. The van der Waals surface area contributed by atoms with Crippen molar-refractivity contribution in [2.24, 2.45) is 0 Å². The maximum absolute atomic E-state index is 13.6. The number of hydrogen-bond acceptors (Lipinski definition) is 6. The quantitative estimate of drug-likeness (QED) is 0.435. The first kappa shape index (κ1) is 21.6. The van der Waals surface area contributed by atoms with E-state index in [1.54, 1.807) is 6.07 Å². The van der Waals surface area contributed by atoms with Crippen LogP contribution in [0.15, 0.2) is 53.4 Å². The fourth-order valence-corrected chi connectivity index (χ4v) is 5.68. The summed E-state index contributed by atoms with van der Waals surface area (Å²) < 4.78 is 37.2. The van der Waals surface area contributed by atoms with Crippen LogP contribution < -0.4 is 18.4 Å². The van der Waals surface area contributed by atoms with Crippen molar-refractivity contribution in [1.29, 1.82) is 0 Å². The molecule has 3 aromatic rings. The van der Waals surface area contributed by atoms with E-state index in [4.69, 9.17) is 18.4 Å². The molecule has 3 aliphatic heterocycles. The molecule has 0 aromatic heterocycles. The Kier molecular flexibility index (Phi) is 5.75. The summed E-state index contributed by atoms with van der Waals surface area (Å²) in [5.74, 6) is 2.82. The number of fused-ring (bicyclic) bond motifs is 5. The molecule has 5 nitrogen and oxygen atoms in total. The van der Waals surface area contributed by atoms with E-state index in [0.29, 0.717) is 30.5 Å². The third-order valence-corrected chi connectivity index (χ3v) is 7.36. The minimum absolute atomic E-state index is 0.281. The van der Waals surface area contributed by atoms with Gasteiger partial charge in [-0.25, -0.2) is 4.39 Å². The topological polar surface area (TPSA) is 40.2 Å². The summed E-state index contributed by atoms with van der Waals surface area (Å²) in [5.41, 5.74) is 5.19. The molecule has 0 aliphatic carbocycles. The Labute approximate surface area is 203 Å². The van der Waals surface area contributed by atoms with Gasteiger partial charge < -0.3 is 18.4 Å². The van der Waals surface area contributed by atoms with Gasteiger partial charge in [-0.3, -0.25) is 4.90 Å². The van der Waals surface area contributed by atoms with Gasteiger partial charge in [0.15, 0.2) is 23.0 Å². The summed E-state index contributed by atoms with van der Waals surface area (Å²) in [6.45, 7) is 5.58. The molecule has 6 rings (SSSR count). The predicted octanol–water partition coefficient (Wildman–Crippen LogP) is 5.74. The van der Waals surface area contributed by atoms with Crippen LogP contribution >= 0.6 is 12.0 Å². The summed E-state index contributed by atoms with van der Waals surface area (Å²) >= 11 is 1.14. The summed E-state index contributed by atoms with van der Waals surface area (Å²) in [6, 6.07) is 15.2. The third kappa shape index (κ3) is 4.07. The summed E-state index contributed by atoms with van der Waals surface area (Å²) in [6.07, 6.45) is 1.89. The predicted molar refractivity (Wildman–Crippen MR) is 128 cm³/mol. The van der Waals surface area contributed by atoms with Crippen LogP contribution in [0.1, 0.15) is 35.2 Å². The summed E-state index contributed by atoms with van der Waals surface area (Å²) in [4.78, 5) is 3.25. The molecule has 0 saturated heterocycles. The van der Waals surface area contributed by atoms with E-state index in [1.165, 1.54) is 34.4 Å². The standard InChI is InChI=1S/C27H26FNO4S/c1-2-30-25-13-19-16-29-7-6-17-11-24-26(32-9-8-31-24)15-22(17)23(29)10-18(19)12-27(25)33-34-21-5-3-4-20(28)14-21/h3-5,11-15,23H,2,6-10,16H2,1H3. The first-order valence-corrected chi connectivity index (χ1v) is 12.5.